The summed E-state index contributed by atoms with van der Waals surface area (Å²) in [4.78, 5) is 6.87. The lowest BCUT2D eigenvalue weighted by molar-refractivity contribution is 0.320. The SMILES string of the molecule is CC1CN(Cc2cc(Cl)cc3cccnc23)CC1N.Cl. The highest BCUT2D eigenvalue weighted by Gasteiger charge is 2.26. The zero-order valence-corrected chi connectivity index (χ0v) is 13.0. The van der Waals surface area contributed by atoms with Crippen LogP contribution >= 0.6 is 24.0 Å². The molecule has 2 atom stereocenters. The van der Waals surface area contributed by atoms with Crippen LogP contribution in [0, 0.1) is 5.92 Å². The Kier molecular flexibility index (Phi) is 4.86. The number of likely N-dealkylation sites (tertiary alicyclic amines) is 1. The molecule has 1 aromatic carbocycles. The Balaban J connectivity index is 0.00000147. The monoisotopic (exact) mass is 311 g/mol. The zero-order chi connectivity index (χ0) is 13.4. The topological polar surface area (TPSA) is 42.2 Å². The highest BCUT2D eigenvalue weighted by Crippen LogP contribution is 2.25. The van der Waals surface area contributed by atoms with Crippen LogP contribution in [0.25, 0.3) is 10.9 Å². The van der Waals surface area contributed by atoms with E-state index >= 15 is 0 Å². The first-order valence-electron chi connectivity index (χ1n) is 6.64. The predicted molar refractivity (Wildman–Crippen MR) is 86.4 cm³/mol. The van der Waals surface area contributed by atoms with Crippen LogP contribution in [0.4, 0.5) is 0 Å². The number of pyridine rings is 1. The van der Waals surface area contributed by atoms with Crippen molar-refractivity contribution in [2.45, 2.75) is 19.5 Å². The third-order valence-corrected chi connectivity index (χ3v) is 4.11. The molecule has 0 spiro atoms. The van der Waals surface area contributed by atoms with Crippen LogP contribution < -0.4 is 5.73 Å². The summed E-state index contributed by atoms with van der Waals surface area (Å²) in [5.41, 5.74) is 8.31. The molecule has 0 saturated carbocycles. The second-order valence-corrected chi connectivity index (χ2v) is 5.91. The van der Waals surface area contributed by atoms with Crippen molar-refractivity contribution in [1.82, 2.24) is 9.88 Å². The minimum Gasteiger partial charge on any atom is -0.326 e. The molecule has 0 radical (unpaired) electrons. The standard InChI is InChI=1S/C15H18ClN3.ClH/c1-10-7-19(9-14(10)17)8-12-6-13(16)5-11-3-2-4-18-15(11)12;/h2-6,10,14H,7-9,17H2,1H3;1H. The van der Waals surface area contributed by atoms with E-state index in [9.17, 15) is 0 Å². The van der Waals surface area contributed by atoms with Crippen molar-refractivity contribution >= 4 is 34.9 Å². The van der Waals surface area contributed by atoms with Crippen molar-refractivity contribution < 1.29 is 0 Å². The molecule has 20 heavy (non-hydrogen) atoms. The summed E-state index contributed by atoms with van der Waals surface area (Å²) in [5, 5.41) is 1.87. The smallest absolute Gasteiger partial charge is 0.0747 e. The molecule has 2 heterocycles. The lowest BCUT2D eigenvalue weighted by atomic mass is 10.1. The number of fused-ring (bicyclic) bond motifs is 1. The minimum atomic E-state index is 0. The Hall–Kier alpha value is -0.870. The van der Waals surface area contributed by atoms with E-state index in [4.69, 9.17) is 17.3 Å². The molecule has 1 fully saturated rings. The van der Waals surface area contributed by atoms with Gasteiger partial charge in [-0.2, -0.15) is 0 Å². The first-order valence-corrected chi connectivity index (χ1v) is 7.02. The highest BCUT2D eigenvalue weighted by atomic mass is 35.5. The van der Waals surface area contributed by atoms with Gasteiger partial charge in [0.15, 0.2) is 0 Å². The average molecular weight is 312 g/mol. The number of nitrogens with zero attached hydrogens (tertiary/aromatic N) is 2. The van der Waals surface area contributed by atoms with E-state index in [1.165, 1.54) is 5.56 Å². The number of hydrogen-bond acceptors (Lipinski definition) is 3. The third kappa shape index (κ3) is 3.07. The molecule has 0 amide bonds. The molecule has 2 aromatic rings. The van der Waals surface area contributed by atoms with Gasteiger partial charge < -0.3 is 5.73 Å². The van der Waals surface area contributed by atoms with Gasteiger partial charge in [0.2, 0.25) is 0 Å². The summed E-state index contributed by atoms with van der Waals surface area (Å²) in [6.07, 6.45) is 1.83. The van der Waals surface area contributed by atoms with E-state index in [-0.39, 0.29) is 18.4 Å². The summed E-state index contributed by atoms with van der Waals surface area (Å²) in [6, 6.07) is 8.25. The maximum Gasteiger partial charge on any atom is 0.0747 e. The first-order chi connectivity index (χ1) is 9.13. The van der Waals surface area contributed by atoms with Crippen molar-refractivity contribution in [2.75, 3.05) is 13.1 Å². The van der Waals surface area contributed by atoms with Crippen LogP contribution in [0.3, 0.4) is 0 Å². The summed E-state index contributed by atoms with van der Waals surface area (Å²) in [5.74, 6) is 0.554. The molecule has 1 saturated heterocycles. The van der Waals surface area contributed by atoms with Crippen LogP contribution in [0.2, 0.25) is 5.02 Å². The van der Waals surface area contributed by atoms with Gasteiger partial charge in [0.1, 0.15) is 0 Å². The molecule has 1 aliphatic rings. The molecule has 5 heteroatoms. The van der Waals surface area contributed by atoms with E-state index in [0.29, 0.717) is 5.92 Å². The quantitative estimate of drug-likeness (QED) is 0.926. The van der Waals surface area contributed by atoms with Crippen LogP contribution in [0.1, 0.15) is 12.5 Å². The fourth-order valence-corrected chi connectivity index (χ4v) is 3.06. The molecule has 3 nitrogen and oxygen atoms in total. The van der Waals surface area contributed by atoms with Gasteiger partial charge in [-0.15, -0.1) is 12.4 Å². The zero-order valence-electron chi connectivity index (χ0n) is 11.4. The van der Waals surface area contributed by atoms with Gasteiger partial charge in [-0.3, -0.25) is 9.88 Å². The Morgan fingerprint density at radius 3 is 2.90 bits per heavy atom. The van der Waals surface area contributed by atoms with Gasteiger partial charge in [-0.25, -0.2) is 0 Å². The van der Waals surface area contributed by atoms with Crippen molar-refractivity contribution in [3.05, 3.63) is 41.0 Å². The Morgan fingerprint density at radius 2 is 2.20 bits per heavy atom. The van der Waals surface area contributed by atoms with Crippen molar-refractivity contribution in [1.29, 1.82) is 0 Å². The van der Waals surface area contributed by atoms with Crippen LogP contribution in [0.5, 0.6) is 0 Å². The van der Waals surface area contributed by atoms with E-state index < -0.39 is 0 Å². The Morgan fingerprint density at radius 1 is 1.40 bits per heavy atom. The van der Waals surface area contributed by atoms with Crippen molar-refractivity contribution in [2.24, 2.45) is 11.7 Å². The van der Waals surface area contributed by atoms with Crippen LogP contribution in [-0.2, 0) is 6.54 Å². The van der Waals surface area contributed by atoms with E-state index in [1.807, 2.05) is 24.4 Å². The molecule has 0 aliphatic carbocycles. The summed E-state index contributed by atoms with van der Waals surface area (Å²) in [6.45, 7) is 5.06. The maximum atomic E-state index is 6.20. The maximum absolute atomic E-state index is 6.20. The molecule has 108 valence electrons. The average Bonchev–Trinajstić information content (AvgIpc) is 2.68. The number of hydrogen-bond donors (Lipinski definition) is 1. The van der Waals surface area contributed by atoms with E-state index in [2.05, 4.69) is 22.9 Å². The molecule has 1 aliphatic heterocycles. The Bertz CT molecular complexity index is 593. The lowest BCUT2D eigenvalue weighted by Crippen LogP contribution is -2.28. The summed E-state index contributed by atoms with van der Waals surface area (Å²) < 4.78 is 0. The van der Waals surface area contributed by atoms with Gasteiger partial charge >= 0.3 is 0 Å². The normalized spacial score (nSPS) is 22.9. The predicted octanol–water partition coefficient (Wildman–Crippen LogP) is 3.09. The minimum absolute atomic E-state index is 0. The molecule has 1 aromatic heterocycles. The van der Waals surface area contributed by atoms with Crippen LogP contribution in [-0.4, -0.2) is 29.0 Å². The van der Waals surface area contributed by atoms with Gasteiger partial charge in [0.25, 0.3) is 0 Å². The summed E-state index contributed by atoms with van der Waals surface area (Å²) in [7, 11) is 0. The van der Waals surface area contributed by atoms with Gasteiger partial charge in [-0.05, 0) is 29.7 Å². The summed E-state index contributed by atoms with van der Waals surface area (Å²) >= 11 is 6.20. The number of halogens is 2. The van der Waals surface area contributed by atoms with E-state index in [1.54, 1.807) is 0 Å². The second-order valence-electron chi connectivity index (χ2n) is 5.48. The molecular formula is C15H19Cl2N3. The molecule has 0 bridgehead atoms. The molecule has 2 N–H and O–H groups in total. The molecular weight excluding hydrogens is 293 g/mol. The third-order valence-electron chi connectivity index (χ3n) is 3.89. The number of benzene rings is 1. The molecule has 2 unspecified atom stereocenters. The van der Waals surface area contributed by atoms with Gasteiger partial charge in [0.05, 0.1) is 5.52 Å². The number of aromatic nitrogens is 1. The molecule has 3 rings (SSSR count). The van der Waals surface area contributed by atoms with E-state index in [0.717, 1.165) is 35.6 Å². The Labute approximate surface area is 130 Å². The lowest BCUT2D eigenvalue weighted by Gasteiger charge is -2.16. The fraction of sp³-hybridized carbons (Fsp3) is 0.400. The van der Waals surface area contributed by atoms with Crippen LogP contribution in [0.15, 0.2) is 30.5 Å². The highest BCUT2D eigenvalue weighted by molar-refractivity contribution is 6.31. The van der Waals surface area contributed by atoms with Crippen molar-refractivity contribution in [3.8, 4) is 0 Å². The first kappa shape index (κ1) is 15.5. The fourth-order valence-electron chi connectivity index (χ4n) is 2.81. The second kappa shape index (κ2) is 6.27. The van der Waals surface area contributed by atoms with Crippen molar-refractivity contribution in [3.63, 3.8) is 0 Å². The largest absolute Gasteiger partial charge is 0.326 e. The number of rotatable bonds is 2. The number of nitrogens with two attached hydrogens (primary N) is 1. The van der Waals surface area contributed by atoms with Gasteiger partial charge in [0, 0.05) is 42.3 Å². The van der Waals surface area contributed by atoms with Gasteiger partial charge in [-0.1, -0.05) is 24.6 Å².